The molecule has 0 bridgehead atoms. The highest BCUT2D eigenvalue weighted by Crippen LogP contribution is 2.20. The first-order valence-corrected chi connectivity index (χ1v) is 9.63. The van der Waals surface area contributed by atoms with Crippen molar-refractivity contribution in [3.05, 3.63) is 35.9 Å². The number of hydrogen-bond donors (Lipinski definition) is 0. The van der Waals surface area contributed by atoms with Crippen molar-refractivity contribution >= 4 is 31.9 Å². The van der Waals surface area contributed by atoms with Crippen LogP contribution in [0.15, 0.2) is 30.3 Å². The van der Waals surface area contributed by atoms with Gasteiger partial charge < -0.3 is 9.64 Å². The van der Waals surface area contributed by atoms with Gasteiger partial charge in [-0.25, -0.2) is 8.42 Å². The predicted octanol–water partition coefficient (Wildman–Crippen LogP) is 1.20. The molecule has 2 rings (SSSR count). The summed E-state index contributed by atoms with van der Waals surface area (Å²) in [6.07, 6.45) is -0.652. The van der Waals surface area contributed by atoms with Crippen LogP contribution in [0.5, 0.6) is 0 Å². The smallest absolute Gasteiger partial charge is 0.256 e. The number of benzene rings is 1. The third kappa shape index (κ3) is 3.87. The van der Waals surface area contributed by atoms with Gasteiger partial charge in [0.15, 0.2) is 6.10 Å². The van der Waals surface area contributed by atoms with E-state index in [1.807, 2.05) is 30.3 Å². The van der Waals surface area contributed by atoms with E-state index in [2.05, 4.69) is 15.9 Å². The molecule has 1 aromatic carbocycles. The first kappa shape index (κ1) is 17.4. The van der Waals surface area contributed by atoms with Crippen LogP contribution in [0.2, 0.25) is 0 Å². The van der Waals surface area contributed by atoms with Crippen molar-refractivity contribution in [2.24, 2.45) is 0 Å². The quantitative estimate of drug-likeness (QED) is 0.708. The van der Waals surface area contributed by atoms with Gasteiger partial charge in [0.25, 0.3) is 5.91 Å². The van der Waals surface area contributed by atoms with E-state index >= 15 is 0 Å². The molecular formula is C14H19BrN2O4S. The van der Waals surface area contributed by atoms with E-state index in [-0.39, 0.29) is 10.6 Å². The minimum Gasteiger partial charge on any atom is -0.367 e. The summed E-state index contributed by atoms with van der Waals surface area (Å²) >= 11 is 2.99. The predicted molar refractivity (Wildman–Crippen MR) is 87.1 cm³/mol. The number of rotatable bonds is 5. The van der Waals surface area contributed by atoms with Crippen LogP contribution in [-0.2, 0) is 19.6 Å². The number of nitrogens with zero attached hydrogens (tertiary/aromatic N) is 2. The minimum absolute atomic E-state index is 0.0986. The molecule has 8 heteroatoms. The van der Waals surface area contributed by atoms with E-state index in [1.165, 1.54) is 11.4 Å². The highest BCUT2D eigenvalue weighted by molar-refractivity contribution is 9.10. The zero-order valence-corrected chi connectivity index (χ0v) is 14.7. The number of ether oxygens (including phenoxy) is 1. The molecule has 1 aromatic rings. The topological polar surface area (TPSA) is 66.9 Å². The Bertz CT molecular complexity index is 601. The zero-order chi connectivity index (χ0) is 16.2. The number of carbonyl (C=O) groups excluding carboxylic acids is 1. The van der Waals surface area contributed by atoms with E-state index < -0.39 is 16.1 Å². The van der Waals surface area contributed by atoms with Gasteiger partial charge in [-0.1, -0.05) is 46.3 Å². The Morgan fingerprint density at radius 2 is 1.82 bits per heavy atom. The van der Waals surface area contributed by atoms with Gasteiger partial charge in [0.2, 0.25) is 10.0 Å². The molecule has 0 aromatic heterocycles. The molecule has 0 aliphatic carbocycles. The van der Waals surface area contributed by atoms with Crippen molar-refractivity contribution < 1.29 is 17.9 Å². The maximum atomic E-state index is 12.6. The number of methoxy groups -OCH3 is 1. The van der Waals surface area contributed by atoms with Crippen LogP contribution in [0.3, 0.4) is 0 Å². The normalized spacial score (nSPS) is 18.2. The third-order valence-corrected chi connectivity index (χ3v) is 6.81. The summed E-state index contributed by atoms with van der Waals surface area (Å²) in [6.45, 7) is 1.37. The molecule has 22 heavy (non-hydrogen) atoms. The fourth-order valence-corrected chi connectivity index (χ4v) is 4.16. The van der Waals surface area contributed by atoms with Gasteiger partial charge in [0, 0.05) is 33.3 Å². The lowest BCUT2D eigenvalue weighted by atomic mass is 10.1. The summed E-state index contributed by atoms with van der Waals surface area (Å²) in [4.78, 5) is 14.2. The maximum absolute atomic E-state index is 12.6. The fraction of sp³-hybridized carbons (Fsp3) is 0.500. The summed E-state index contributed by atoms with van der Waals surface area (Å²) in [7, 11) is -1.77. The molecule has 1 amide bonds. The highest BCUT2D eigenvalue weighted by atomic mass is 79.9. The van der Waals surface area contributed by atoms with Crippen molar-refractivity contribution in [3.63, 3.8) is 0 Å². The molecule has 0 saturated carbocycles. The molecule has 0 N–H and O–H groups in total. The maximum Gasteiger partial charge on any atom is 0.256 e. The molecule has 122 valence electrons. The van der Waals surface area contributed by atoms with E-state index in [0.29, 0.717) is 26.2 Å². The first-order chi connectivity index (χ1) is 10.5. The number of amides is 1. The van der Waals surface area contributed by atoms with Gasteiger partial charge in [-0.3, -0.25) is 4.79 Å². The van der Waals surface area contributed by atoms with Gasteiger partial charge >= 0.3 is 0 Å². The molecule has 0 unspecified atom stereocenters. The number of carbonyl (C=O) groups is 1. The Kier molecular flexibility index (Phi) is 5.96. The molecule has 1 aliphatic rings. The Balaban J connectivity index is 2.03. The molecule has 6 nitrogen and oxygen atoms in total. The lowest BCUT2D eigenvalue weighted by molar-refractivity contribution is -0.143. The van der Waals surface area contributed by atoms with Gasteiger partial charge in [-0.05, 0) is 5.56 Å². The molecule has 1 atom stereocenters. The summed E-state index contributed by atoms with van der Waals surface area (Å²) in [5.41, 5.74) is 0.797. The monoisotopic (exact) mass is 390 g/mol. The second-order valence-electron chi connectivity index (χ2n) is 4.97. The van der Waals surface area contributed by atoms with Crippen molar-refractivity contribution in [1.82, 2.24) is 9.21 Å². The van der Waals surface area contributed by atoms with Crippen LogP contribution in [0.4, 0.5) is 0 Å². The van der Waals surface area contributed by atoms with E-state index in [4.69, 9.17) is 4.74 Å². The van der Waals surface area contributed by atoms with Crippen molar-refractivity contribution in [1.29, 1.82) is 0 Å². The first-order valence-electron chi connectivity index (χ1n) is 6.90. The van der Waals surface area contributed by atoms with Crippen molar-refractivity contribution in [2.75, 3.05) is 38.0 Å². The van der Waals surface area contributed by atoms with Gasteiger partial charge in [-0.2, -0.15) is 4.31 Å². The Morgan fingerprint density at radius 1 is 1.23 bits per heavy atom. The van der Waals surface area contributed by atoms with Crippen LogP contribution in [0.1, 0.15) is 11.7 Å². The average Bonchev–Trinajstić information content (AvgIpc) is 2.56. The molecule has 1 aliphatic heterocycles. The molecule has 1 saturated heterocycles. The number of hydrogen-bond acceptors (Lipinski definition) is 4. The fourth-order valence-electron chi connectivity index (χ4n) is 2.43. The van der Waals surface area contributed by atoms with E-state index in [9.17, 15) is 13.2 Å². The second-order valence-corrected chi connectivity index (χ2v) is 8.24. The van der Waals surface area contributed by atoms with Crippen LogP contribution >= 0.6 is 15.9 Å². The largest absolute Gasteiger partial charge is 0.367 e. The van der Waals surface area contributed by atoms with Gasteiger partial charge in [0.05, 0.1) is 0 Å². The van der Waals surface area contributed by atoms with Gasteiger partial charge in [-0.15, -0.1) is 0 Å². The molecule has 0 spiro atoms. The van der Waals surface area contributed by atoms with Crippen LogP contribution in [-0.4, -0.2) is 61.5 Å². The molecule has 1 heterocycles. The number of piperazine rings is 1. The standard InChI is InChI=1S/C14H19BrN2O4S/c1-21-13(12-5-3-2-4-6-12)14(18)16-7-9-17(10-8-16)22(19,20)11-15/h2-6,13H,7-11H2,1H3/t13-/m0/s1. The second kappa shape index (κ2) is 7.54. The Hall–Kier alpha value is -0.960. The van der Waals surface area contributed by atoms with E-state index in [0.717, 1.165) is 5.56 Å². The van der Waals surface area contributed by atoms with Crippen LogP contribution < -0.4 is 0 Å². The van der Waals surface area contributed by atoms with E-state index in [1.54, 1.807) is 4.90 Å². The summed E-state index contributed by atoms with van der Waals surface area (Å²) < 4.78 is 30.2. The third-order valence-electron chi connectivity index (χ3n) is 3.64. The lowest BCUT2D eigenvalue weighted by Crippen LogP contribution is -2.51. The SMILES string of the molecule is CO[C@H](C(=O)N1CCN(S(=O)(=O)CBr)CC1)c1ccccc1. The summed E-state index contributed by atoms with van der Waals surface area (Å²) in [5.74, 6) is -0.135. The molecule has 0 radical (unpaired) electrons. The summed E-state index contributed by atoms with van der Waals surface area (Å²) in [6, 6.07) is 9.28. The number of sulfonamides is 1. The van der Waals surface area contributed by atoms with Crippen LogP contribution in [0.25, 0.3) is 0 Å². The summed E-state index contributed by atoms with van der Waals surface area (Å²) in [5, 5.41) is 0. The van der Waals surface area contributed by atoms with Crippen LogP contribution in [0, 0.1) is 0 Å². The average molecular weight is 391 g/mol. The number of halogens is 1. The van der Waals surface area contributed by atoms with Crippen molar-refractivity contribution in [2.45, 2.75) is 6.10 Å². The zero-order valence-electron chi connectivity index (χ0n) is 12.3. The minimum atomic E-state index is -3.27. The Labute approximate surface area is 139 Å². The number of alkyl halides is 1. The van der Waals surface area contributed by atoms with Gasteiger partial charge in [0.1, 0.15) is 4.66 Å². The molecular weight excluding hydrogens is 372 g/mol. The molecule has 1 fully saturated rings. The Morgan fingerprint density at radius 3 is 2.32 bits per heavy atom. The highest BCUT2D eigenvalue weighted by Gasteiger charge is 2.31. The van der Waals surface area contributed by atoms with Crippen molar-refractivity contribution in [3.8, 4) is 0 Å². The lowest BCUT2D eigenvalue weighted by Gasteiger charge is -2.35.